The molecule has 13 nitrogen and oxygen atoms in total. The van der Waals surface area contributed by atoms with Crippen LogP contribution in [0, 0.1) is 0 Å². The molecular weight excluding hydrogens is 582 g/mol. The average Bonchev–Trinajstić information content (AvgIpc) is 3.25. The van der Waals surface area contributed by atoms with Crippen LogP contribution in [0.2, 0.25) is 0 Å². The van der Waals surface area contributed by atoms with Gasteiger partial charge in [-0.1, -0.05) is 12.2 Å². The van der Waals surface area contributed by atoms with Crippen LogP contribution < -0.4 is 30.0 Å². The molecule has 4 heterocycles. The lowest BCUT2D eigenvalue weighted by Gasteiger charge is -2.32. The third-order valence-electron chi connectivity index (χ3n) is 8.39. The SMILES string of the molecule is C=C1CN2C(=O)c3cc(OC)c(OCCCCCOc4cc5c(cc4OC)C(=O)N4CCOC[C@H]4C(=O)N5)cc3N=C[C@]2(N)C1. The summed E-state index contributed by atoms with van der Waals surface area (Å²) in [6.45, 7) is 6.07. The lowest BCUT2D eigenvalue weighted by molar-refractivity contribution is -0.125. The number of aliphatic imine (C=N–C) groups is 1. The molecule has 0 unspecified atom stereocenters. The first-order valence-electron chi connectivity index (χ1n) is 14.9. The summed E-state index contributed by atoms with van der Waals surface area (Å²) >= 11 is 0. The van der Waals surface area contributed by atoms with Crippen LogP contribution in [0.25, 0.3) is 0 Å². The Morgan fingerprint density at radius 1 is 0.978 bits per heavy atom. The Kier molecular flexibility index (Phi) is 8.38. The van der Waals surface area contributed by atoms with Crippen LogP contribution in [0.1, 0.15) is 46.4 Å². The maximum atomic E-state index is 13.3. The van der Waals surface area contributed by atoms with Gasteiger partial charge in [-0.05, 0) is 31.4 Å². The number of hydrogen-bond acceptors (Lipinski definition) is 10. The molecule has 238 valence electrons. The first kappa shape index (κ1) is 30.4. The Morgan fingerprint density at radius 2 is 1.67 bits per heavy atom. The van der Waals surface area contributed by atoms with Crippen LogP contribution in [-0.4, -0.2) is 99.2 Å². The predicted octanol–water partition coefficient (Wildman–Crippen LogP) is 2.90. The molecule has 2 saturated heterocycles. The molecular formula is C32H37N5O8. The topological polar surface area (TPSA) is 154 Å². The standard InChI is InChI=1S/C32H37N5O8/c1-19-15-32(33)18-34-22-13-27(25(41-2)11-20(22)31(40)37(32)16-19)44-8-5-4-6-9-45-28-14-23-21(12-26(28)42-3)30(39)36-7-10-43-17-24(36)29(38)35-23/h11-14,18,24H,1,4-10,15-17,33H2,2-3H3,(H,35,38)/t24-,32-/m0/s1. The molecule has 0 aliphatic carbocycles. The van der Waals surface area contributed by atoms with Gasteiger partial charge in [0.05, 0.1) is 63.1 Å². The molecule has 2 aromatic rings. The highest BCUT2D eigenvalue weighted by atomic mass is 16.5. The van der Waals surface area contributed by atoms with Gasteiger partial charge in [-0.15, -0.1) is 0 Å². The quantitative estimate of drug-likeness (QED) is 0.302. The van der Waals surface area contributed by atoms with E-state index in [4.69, 9.17) is 29.4 Å². The van der Waals surface area contributed by atoms with Crippen molar-refractivity contribution < 1.29 is 38.1 Å². The summed E-state index contributed by atoms with van der Waals surface area (Å²) in [5.74, 6) is 1.01. The number of anilines is 1. The van der Waals surface area contributed by atoms with Crippen molar-refractivity contribution in [3.05, 3.63) is 47.5 Å². The number of rotatable bonds is 10. The normalized spacial score (nSPS) is 22.1. The van der Waals surface area contributed by atoms with Gasteiger partial charge >= 0.3 is 0 Å². The van der Waals surface area contributed by atoms with Crippen molar-refractivity contribution in [2.75, 3.05) is 59.1 Å². The summed E-state index contributed by atoms with van der Waals surface area (Å²) in [4.78, 5) is 46.9. The number of ether oxygens (including phenoxy) is 5. The molecule has 3 amide bonds. The second-order valence-electron chi connectivity index (χ2n) is 11.5. The third-order valence-corrected chi connectivity index (χ3v) is 8.39. The Bertz CT molecular complexity index is 1580. The summed E-state index contributed by atoms with van der Waals surface area (Å²) in [7, 11) is 3.04. The van der Waals surface area contributed by atoms with Crippen molar-refractivity contribution in [1.82, 2.24) is 9.80 Å². The minimum atomic E-state index is -0.997. The molecule has 3 N–H and O–H groups in total. The van der Waals surface area contributed by atoms with Gasteiger partial charge in [0.15, 0.2) is 23.0 Å². The van der Waals surface area contributed by atoms with Gasteiger partial charge in [-0.2, -0.15) is 0 Å². The predicted molar refractivity (Wildman–Crippen MR) is 165 cm³/mol. The van der Waals surface area contributed by atoms with Crippen molar-refractivity contribution in [2.45, 2.75) is 37.4 Å². The third kappa shape index (κ3) is 5.80. The van der Waals surface area contributed by atoms with E-state index < -0.39 is 11.7 Å². The minimum Gasteiger partial charge on any atom is -0.493 e. The summed E-state index contributed by atoms with van der Waals surface area (Å²) < 4.78 is 28.5. The second kappa shape index (κ2) is 12.4. The Labute approximate surface area is 260 Å². The maximum absolute atomic E-state index is 13.3. The van der Waals surface area contributed by atoms with Crippen molar-refractivity contribution in [3.8, 4) is 23.0 Å². The van der Waals surface area contributed by atoms with E-state index in [0.717, 1.165) is 24.8 Å². The maximum Gasteiger partial charge on any atom is 0.258 e. The van der Waals surface area contributed by atoms with E-state index in [-0.39, 0.29) is 24.3 Å². The molecule has 4 aliphatic rings. The molecule has 2 fully saturated rings. The molecule has 0 spiro atoms. The van der Waals surface area contributed by atoms with E-state index in [9.17, 15) is 14.4 Å². The van der Waals surface area contributed by atoms with E-state index in [2.05, 4.69) is 16.9 Å². The first-order valence-corrected chi connectivity index (χ1v) is 14.9. The van der Waals surface area contributed by atoms with Gasteiger partial charge in [-0.25, -0.2) is 0 Å². The number of hydrogen-bond donors (Lipinski definition) is 2. The zero-order valence-electron chi connectivity index (χ0n) is 25.4. The smallest absolute Gasteiger partial charge is 0.258 e. The molecule has 0 radical (unpaired) electrons. The number of morpholine rings is 1. The Hall–Kier alpha value is -4.62. The molecule has 13 heteroatoms. The van der Waals surface area contributed by atoms with Crippen LogP contribution >= 0.6 is 0 Å². The number of unbranched alkanes of at least 4 members (excludes halogenated alkanes) is 2. The van der Waals surface area contributed by atoms with Crippen LogP contribution in [0.3, 0.4) is 0 Å². The highest BCUT2D eigenvalue weighted by Gasteiger charge is 2.44. The van der Waals surface area contributed by atoms with Gasteiger partial charge < -0.3 is 44.5 Å². The van der Waals surface area contributed by atoms with Gasteiger partial charge in [0, 0.05) is 37.9 Å². The molecule has 6 rings (SSSR count). The highest BCUT2D eigenvalue weighted by Crippen LogP contribution is 2.40. The fourth-order valence-corrected chi connectivity index (χ4v) is 6.02. The number of fused-ring (bicyclic) bond motifs is 4. The van der Waals surface area contributed by atoms with E-state index >= 15 is 0 Å². The number of nitrogens with one attached hydrogen (secondary N) is 1. The van der Waals surface area contributed by atoms with Gasteiger partial charge in [0.25, 0.3) is 11.8 Å². The van der Waals surface area contributed by atoms with Crippen LogP contribution in [-0.2, 0) is 9.53 Å². The molecule has 0 bridgehead atoms. The highest BCUT2D eigenvalue weighted by molar-refractivity contribution is 6.10. The second-order valence-corrected chi connectivity index (χ2v) is 11.5. The van der Waals surface area contributed by atoms with Crippen LogP contribution in [0.5, 0.6) is 23.0 Å². The molecule has 45 heavy (non-hydrogen) atoms. The largest absolute Gasteiger partial charge is 0.493 e. The number of nitrogens with two attached hydrogens (primary N) is 1. The molecule has 0 aromatic heterocycles. The van der Waals surface area contributed by atoms with Gasteiger partial charge in [0.1, 0.15) is 11.7 Å². The molecule has 4 aliphatic heterocycles. The first-order chi connectivity index (χ1) is 21.7. The zero-order valence-corrected chi connectivity index (χ0v) is 25.4. The van der Waals surface area contributed by atoms with Crippen molar-refractivity contribution in [2.24, 2.45) is 10.7 Å². The number of benzene rings is 2. The van der Waals surface area contributed by atoms with Gasteiger partial charge in [0.2, 0.25) is 5.91 Å². The number of carbonyl (C=O) groups excluding carboxylic acids is 3. The summed E-state index contributed by atoms with van der Waals surface area (Å²) in [6.07, 6.45) is 4.33. The molecule has 0 saturated carbocycles. The monoisotopic (exact) mass is 619 g/mol. The van der Waals surface area contributed by atoms with E-state index in [1.807, 2.05) is 0 Å². The Balaban J connectivity index is 1.03. The average molecular weight is 620 g/mol. The van der Waals surface area contributed by atoms with E-state index in [0.29, 0.717) is 84.8 Å². The lowest BCUT2D eigenvalue weighted by Crippen LogP contribution is -2.54. The van der Waals surface area contributed by atoms with Gasteiger partial charge in [-0.3, -0.25) is 19.4 Å². The number of methoxy groups -OCH3 is 2. The lowest BCUT2D eigenvalue weighted by atomic mass is 10.1. The fourth-order valence-electron chi connectivity index (χ4n) is 6.02. The zero-order chi connectivity index (χ0) is 31.7. The number of carbonyl (C=O) groups is 3. The van der Waals surface area contributed by atoms with Crippen molar-refractivity contribution in [3.63, 3.8) is 0 Å². The molecule has 2 atom stereocenters. The van der Waals surface area contributed by atoms with Crippen molar-refractivity contribution in [1.29, 1.82) is 0 Å². The summed E-state index contributed by atoms with van der Waals surface area (Å²) in [5, 5.41) is 2.84. The molecule has 2 aromatic carbocycles. The number of amides is 3. The summed E-state index contributed by atoms with van der Waals surface area (Å²) in [5.41, 5.74) is 7.97. The minimum absolute atomic E-state index is 0.160. The van der Waals surface area contributed by atoms with E-state index in [1.165, 1.54) is 19.1 Å². The van der Waals surface area contributed by atoms with Crippen molar-refractivity contribution >= 4 is 35.3 Å². The summed E-state index contributed by atoms with van der Waals surface area (Å²) in [6, 6.07) is 5.93. The Morgan fingerprint density at radius 3 is 2.38 bits per heavy atom. The van der Waals surface area contributed by atoms with Crippen LogP contribution in [0.4, 0.5) is 11.4 Å². The van der Waals surface area contributed by atoms with Crippen LogP contribution in [0.15, 0.2) is 41.4 Å². The van der Waals surface area contributed by atoms with E-state index in [1.54, 1.807) is 35.4 Å². The number of nitrogens with zero attached hydrogens (tertiary/aromatic N) is 3. The fraction of sp³-hybridized carbons (Fsp3) is 0.438.